The molecule has 1 heterocycles. The largest absolute Gasteiger partial charge is 0.480 e. The van der Waals surface area contributed by atoms with Gasteiger partial charge in [-0.25, -0.2) is 9.78 Å². The fourth-order valence-electron chi connectivity index (χ4n) is 1.78. The summed E-state index contributed by atoms with van der Waals surface area (Å²) in [5.74, 6) is -1.71. The van der Waals surface area contributed by atoms with Crippen LogP contribution in [0.2, 0.25) is 0 Å². The van der Waals surface area contributed by atoms with Crippen molar-refractivity contribution < 1.29 is 19.6 Å². The van der Waals surface area contributed by atoms with E-state index in [0.717, 1.165) is 18.0 Å². The zero-order valence-electron chi connectivity index (χ0n) is 13.1. The fraction of sp³-hybridized carbons (Fsp3) is 0.500. The van der Waals surface area contributed by atoms with E-state index >= 15 is 0 Å². The highest BCUT2D eigenvalue weighted by atomic mass is 32.2. The zero-order valence-corrected chi connectivity index (χ0v) is 13.9. The smallest absolute Gasteiger partial charge is 0.326 e. The van der Waals surface area contributed by atoms with Gasteiger partial charge in [0.2, 0.25) is 5.91 Å². The predicted molar refractivity (Wildman–Crippen MR) is 85.2 cm³/mol. The molecule has 0 bridgehead atoms. The lowest BCUT2D eigenvalue weighted by molar-refractivity contribution is -0.385. The van der Waals surface area contributed by atoms with Crippen LogP contribution in [0.1, 0.15) is 27.2 Å². The fourth-order valence-corrected chi connectivity index (χ4v) is 2.67. The number of amides is 1. The topological polar surface area (TPSA) is 122 Å². The van der Waals surface area contributed by atoms with E-state index in [4.69, 9.17) is 5.11 Å². The molecular weight excluding hydrogens is 322 g/mol. The van der Waals surface area contributed by atoms with Gasteiger partial charge in [-0.2, -0.15) is 0 Å². The Balaban J connectivity index is 2.77. The van der Waals surface area contributed by atoms with Crippen molar-refractivity contribution in [3.8, 4) is 0 Å². The molecule has 1 aromatic rings. The van der Waals surface area contributed by atoms with E-state index in [9.17, 15) is 19.7 Å². The van der Waals surface area contributed by atoms with Crippen LogP contribution >= 0.6 is 11.8 Å². The van der Waals surface area contributed by atoms with E-state index < -0.39 is 28.1 Å². The number of hydrogen-bond donors (Lipinski definition) is 2. The lowest BCUT2D eigenvalue weighted by atomic mass is 10.0. The van der Waals surface area contributed by atoms with E-state index in [1.54, 1.807) is 20.8 Å². The Morgan fingerprint density at radius 2 is 2.09 bits per heavy atom. The summed E-state index contributed by atoms with van der Waals surface area (Å²) in [5, 5.41) is 22.2. The molecule has 0 saturated carbocycles. The summed E-state index contributed by atoms with van der Waals surface area (Å²) in [4.78, 5) is 37.4. The molecule has 0 aliphatic heterocycles. The normalized spacial score (nSPS) is 13.4. The monoisotopic (exact) mass is 341 g/mol. The molecule has 1 amide bonds. The van der Waals surface area contributed by atoms with Crippen molar-refractivity contribution in [2.75, 3.05) is 0 Å². The van der Waals surface area contributed by atoms with Crippen LogP contribution in [0.3, 0.4) is 0 Å². The first-order valence-corrected chi connectivity index (χ1v) is 7.94. The minimum absolute atomic E-state index is 0.127. The molecule has 0 aliphatic rings. The molecule has 23 heavy (non-hydrogen) atoms. The van der Waals surface area contributed by atoms with Crippen molar-refractivity contribution in [3.63, 3.8) is 0 Å². The van der Waals surface area contributed by atoms with Gasteiger partial charge in [-0.1, -0.05) is 32.5 Å². The van der Waals surface area contributed by atoms with Gasteiger partial charge in [0.15, 0.2) is 0 Å². The number of carboxylic acids is 1. The number of aromatic nitrogens is 1. The highest BCUT2D eigenvalue weighted by Gasteiger charge is 2.27. The lowest BCUT2D eigenvalue weighted by Gasteiger charge is -2.21. The van der Waals surface area contributed by atoms with Gasteiger partial charge < -0.3 is 10.4 Å². The average Bonchev–Trinajstić information content (AvgIpc) is 2.49. The van der Waals surface area contributed by atoms with Crippen LogP contribution in [0.4, 0.5) is 5.69 Å². The van der Waals surface area contributed by atoms with E-state index in [-0.39, 0.29) is 11.6 Å². The van der Waals surface area contributed by atoms with Gasteiger partial charge in [-0.15, -0.1) is 0 Å². The van der Waals surface area contributed by atoms with Gasteiger partial charge in [0.1, 0.15) is 12.2 Å². The quantitative estimate of drug-likeness (QED) is 0.421. The van der Waals surface area contributed by atoms with Crippen LogP contribution in [-0.4, -0.2) is 38.2 Å². The highest BCUT2D eigenvalue weighted by molar-refractivity contribution is 8.00. The molecule has 0 aromatic carbocycles. The maximum Gasteiger partial charge on any atom is 0.326 e. The summed E-state index contributed by atoms with van der Waals surface area (Å²) in [6.07, 6.45) is 1.60. The standard InChI is InChI=1S/C14H19N3O5S/c1-4-10(13(18)16-12(8(2)3)14(19)20)23-11-6-5-9(7-15-11)17(21)22/h5-8,10,12H,4H2,1-3H3,(H,16,18)(H,19,20). The molecule has 0 spiro atoms. The second-order valence-corrected chi connectivity index (χ2v) is 6.42. The molecule has 1 aromatic heterocycles. The average molecular weight is 341 g/mol. The van der Waals surface area contributed by atoms with Crippen LogP contribution < -0.4 is 5.32 Å². The van der Waals surface area contributed by atoms with Gasteiger partial charge >= 0.3 is 5.97 Å². The molecule has 8 nitrogen and oxygen atoms in total. The molecule has 2 N–H and O–H groups in total. The molecule has 2 atom stereocenters. The number of nitrogens with one attached hydrogen (secondary N) is 1. The van der Waals surface area contributed by atoms with Crippen molar-refractivity contribution in [2.24, 2.45) is 5.92 Å². The summed E-state index contributed by atoms with van der Waals surface area (Å²) in [7, 11) is 0. The summed E-state index contributed by atoms with van der Waals surface area (Å²) >= 11 is 1.14. The Hall–Kier alpha value is -2.16. The molecule has 2 unspecified atom stereocenters. The Morgan fingerprint density at radius 3 is 2.48 bits per heavy atom. The van der Waals surface area contributed by atoms with Crippen molar-refractivity contribution in [1.29, 1.82) is 0 Å². The molecular formula is C14H19N3O5S. The van der Waals surface area contributed by atoms with Gasteiger partial charge in [-0.05, 0) is 18.4 Å². The molecule has 9 heteroatoms. The van der Waals surface area contributed by atoms with Crippen LogP contribution in [0.15, 0.2) is 23.4 Å². The van der Waals surface area contributed by atoms with Gasteiger partial charge in [0, 0.05) is 6.07 Å². The number of nitrogens with zero attached hydrogens (tertiary/aromatic N) is 2. The highest BCUT2D eigenvalue weighted by Crippen LogP contribution is 2.25. The molecule has 0 radical (unpaired) electrons. The number of carboxylic acid groups (broad SMARTS) is 1. The second kappa shape index (κ2) is 8.47. The van der Waals surface area contributed by atoms with E-state index in [1.807, 2.05) is 0 Å². The van der Waals surface area contributed by atoms with Crippen LogP contribution in [0.5, 0.6) is 0 Å². The Morgan fingerprint density at radius 1 is 1.43 bits per heavy atom. The first-order chi connectivity index (χ1) is 10.8. The molecule has 1 rings (SSSR count). The molecule has 0 saturated heterocycles. The number of carbonyl (C=O) groups is 2. The van der Waals surface area contributed by atoms with Crippen molar-refractivity contribution in [2.45, 2.75) is 43.5 Å². The van der Waals surface area contributed by atoms with Crippen molar-refractivity contribution in [3.05, 3.63) is 28.4 Å². The maximum atomic E-state index is 12.2. The molecule has 0 aliphatic carbocycles. The summed E-state index contributed by atoms with van der Waals surface area (Å²) < 4.78 is 0. The number of pyridine rings is 1. The minimum Gasteiger partial charge on any atom is -0.480 e. The van der Waals surface area contributed by atoms with E-state index in [1.165, 1.54) is 12.1 Å². The SMILES string of the molecule is CCC(Sc1ccc([N+](=O)[O-])cn1)C(=O)NC(C(=O)O)C(C)C. The van der Waals surface area contributed by atoms with Gasteiger partial charge in [-0.3, -0.25) is 14.9 Å². The maximum absolute atomic E-state index is 12.2. The molecule has 0 fully saturated rings. The third-order valence-corrected chi connectivity index (χ3v) is 4.40. The second-order valence-electron chi connectivity index (χ2n) is 5.20. The van der Waals surface area contributed by atoms with Crippen LogP contribution in [0.25, 0.3) is 0 Å². The van der Waals surface area contributed by atoms with Crippen LogP contribution in [-0.2, 0) is 9.59 Å². The molecule has 126 valence electrons. The lowest BCUT2D eigenvalue weighted by Crippen LogP contribution is -2.47. The zero-order chi connectivity index (χ0) is 17.6. The third-order valence-electron chi connectivity index (χ3n) is 3.09. The summed E-state index contributed by atoms with van der Waals surface area (Å²) in [6.45, 7) is 5.23. The van der Waals surface area contributed by atoms with Crippen LogP contribution in [0, 0.1) is 16.0 Å². The Labute approximate surface area is 137 Å². The minimum atomic E-state index is -1.08. The summed E-state index contributed by atoms with van der Waals surface area (Å²) in [5.41, 5.74) is -0.127. The number of carbonyl (C=O) groups excluding carboxylic acids is 1. The number of hydrogen-bond acceptors (Lipinski definition) is 6. The van der Waals surface area contributed by atoms with Crippen molar-refractivity contribution >= 4 is 29.3 Å². The summed E-state index contributed by atoms with van der Waals surface area (Å²) in [6, 6.07) is 1.83. The van der Waals surface area contributed by atoms with Crippen molar-refractivity contribution in [1.82, 2.24) is 10.3 Å². The van der Waals surface area contributed by atoms with E-state index in [2.05, 4.69) is 10.3 Å². The van der Waals surface area contributed by atoms with E-state index in [0.29, 0.717) is 11.4 Å². The number of aliphatic carboxylic acids is 1. The van der Waals surface area contributed by atoms with Gasteiger partial charge in [0.25, 0.3) is 5.69 Å². The number of thioether (sulfide) groups is 1. The first-order valence-electron chi connectivity index (χ1n) is 7.06. The number of nitro groups is 1. The first kappa shape index (κ1) is 18.9. The third kappa shape index (κ3) is 5.51. The Bertz CT molecular complexity index is 576. The van der Waals surface area contributed by atoms with Gasteiger partial charge in [0.05, 0.1) is 15.2 Å². The number of rotatable bonds is 8. The Kier molecular flexibility index (Phi) is 6.95. The predicted octanol–water partition coefficient (Wildman–Crippen LogP) is 2.09.